The molecule has 1 unspecified atom stereocenters. The number of nitrogens with two attached hydrogens (primary N) is 1. The number of alkyl halides is 3. The predicted molar refractivity (Wildman–Crippen MR) is 125 cm³/mol. The molecule has 5 rings (SSSR count). The number of nitrogens with zero attached hydrogens (tertiary/aromatic N) is 1. The third-order valence-corrected chi connectivity index (χ3v) is 7.39. The van der Waals surface area contributed by atoms with E-state index in [0.717, 1.165) is 57.0 Å². The van der Waals surface area contributed by atoms with Crippen LogP contribution in [0.5, 0.6) is 0 Å². The molecule has 0 spiro atoms. The van der Waals surface area contributed by atoms with Crippen molar-refractivity contribution in [3.05, 3.63) is 83.7 Å². The molecule has 3 atom stereocenters. The molecule has 164 valence electrons. The van der Waals surface area contributed by atoms with Gasteiger partial charge in [0.15, 0.2) is 0 Å². The fourth-order valence-corrected chi connectivity index (χ4v) is 5.12. The maximum Gasteiger partial charge on any atom is 0.416 e. The number of rotatable bonds is 4. The predicted octanol–water partition coefficient (Wildman–Crippen LogP) is 6.84. The third-order valence-electron chi connectivity index (χ3n) is 6.01. The number of aromatic amines is 1. The number of hydrogen-bond acceptors (Lipinski definition) is 2. The van der Waals surface area contributed by atoms with Crippen molar-refractivity contribution in [1.29, 1.82) is 0 Å². The van der Waals surface area contributed by atoms with E-state index < -0.39 is 22.4 Å². The lowest BCUT2D eigenvalue weighted by atomic mass is 10.1. The van der Waals surface area contributed by atoms with Gasteiger partial charge in [-0.3, -0.25) is 5.14 Å². The summed E-state index contributed by atoms with van der Waals surface area (Å²) < 4.78 is 38.5. The van der Waals surface area contributed by atoms with Crippen molar-refractivity contribution in [2.45, 2.75) is 36.3 Å². The molecule has 4 aromatic rings. The summed E-state index contributed by atoms with van der Waals surface area (Å²) in [5, 5.41) is 8.29. The van der Waals surface area contributed by atoms with Gasteiger partial charge in [-0.1, -0.05) is 47.1 Å². The number of nitrogens with one attached hydrogen (secondary N) is 1. The van der Waals surface area contributed by atoms with Crippen LogP contribution in [0.15, 0.2) is 71.6 Å². The van der Waals surface area contributed by atoms with Gasteiger partial charge in [0, 0.05) is 10.8 Å². The van der Waals surface area contributed by atoms with E-state index in [1.807, 2.05) is 30.5 Å². The Kier molecular flexibility index (Phi) is 5.18. The molecule has 7 heteroatoms. The summed E-state index contributed by atoms with van der Waals surface area (Å²) >= 11 is 0. The first-order valence-electron chi connectivity index (χ1n) is 10.4. The lowest BCUT2D eigenvalue weighted by molar-refractivity contribution is -0.137. The summed E-state index contributed by atoms with van der Waals surface area (Å²) in [5.74, 6) is 1.27. The normalized spacial score (nSPS) is 19.4. The summed E-state index contributed by atoms with van der Waals surface area (Å²) in [7, 11) is -0.433. The summed E-state index contributed by atoms with van der Waals surface area (Å²) in [6.07, 6.45) is -3.43. The van der Waals surface area contributed by atoms with Crippen LogP contribution in [0.4, 0.5) is 13.2 Å². The smallest absolute Gasteiger partial charge is 0.342 e. The molecular formula is C25H22F3N3S. The lowest BCUT2D eigenvalue weighted by Crippen LogP contribution is -2.04. The maximum absolute atomic E-state index is 12.8. The number of aromatic nitrogens is 2. The van der Waals surface area contributed by atoms with Crippen molar-refractivity contribution < 1.29 is 13.2 Å². The third kappa shape index (κ3) is 3.87. The van der Waals surface area contributed by atoms with Crippen molar-refractivity contribution >= 4 is 27.1 Å². The molecule has 1 aliphatic carbocycles. The Balaban J connectivity index is 1.42. The molecule has 0 aliphatic heterocycles. The highest BCUT2D eigenvalue weighted by atomic mass is 32.2. The van der Waals surface area contributed by atoms with Crippen molar-refractivity contribution in [3.8, 4) is 11.1 Å². The minimum Gasteiger partial charge on any atom is -0.342 e. The molecule has 3 nitrogen and oxygen atoms in total. The Morgan fingerprint density at radius 2 is 1.78 bits per heavy atom. The van der Waals surface area contributed by atoms with Gasteiger partial charge in [-0.2, -0.15) is 13.2 Å². The van der Waals surface area contributed by atoms with Crippen molar-refractivity contribution in [1.82, 2.24) is 9.97 Å². The zero-order valence-electron chi connectivity index (χ0n) is 17.4. The van der Waals surface area contributed by atoms with Crippen LogP contribution in [0.1, 0.15) is 42.1 Å². The van der Waals surface area contributed by atoms with E-state index in [1.165, 1.54) is 0 Å². The average molecular weight is 454 g/mol. The van der Waals surface area contributed by atoms with E-state index in [4.69, 9.17) is 10.1 Å². The van der Waals surface area contributed by atoms with E-state index in [2.05, 4.69) is 29.2 Å². The van der Waals surface area contributed by atoms with E-state index in [1.54, 1.807) is 12.1 Å². The second-order valence-corrected chi connectivity index (χ2v) is 9.68. The fourth-order valence-electron chi connectivity index (χ4n) is 4.20. The summed E-state index contributed by atoms with van der Waals surface area (Å²) in [6, 6.07) is 19.8. The Morgan fingerprint density at radius 1 is 1.03 bits per heavy atom. The highest BCUT2D eigenvalue weighted by Gasteiger charge is 2.42. The van der Waals surface area contributed by atoms with Crippen LogP contribution in [0.3, 0.4) is 0 Å². The highest BCUT2D eigenvalue weighted by molar-refractivity contribution is 8.13. The molecule has 0 saturated heterocycles. The topological polar surface area (TPSA) is 54.7 Å². The molecule has 1 saturated carbocycles. The largest absolute Gasteiger partial charge is 0.416 e. The first kappa shape index (κ1) is 21.0. The molecule has 1 aliphatic rings. The summed E-state index contributed by atoms with van der Waals surface area (Å²) in [6.45, 7) is 1.97. The van der Waals surface area contributed by atoms with Gasteiger partial charge >= 0.3 is 6.18 Å². The quantitative estimate of drug-likeness (QED) is 0.332. The van der Waals surface area contributed by atoms with Crippen LogP contribution >= 0.6 is 10.7 Å². The Hall–Kier alpha value is -2.90. The Labute approximate surface area is 186 Å². The molecule has 0 radical (unpaired) electrons. The number of halogens is 3. The van der Waals surface area contributed by atoms with Crippen LogP contribution in [0, 0.1) is 0 Å². The molecule has 0 bridgehead atoms. The van der Waals surface area contributed by atoms with Crippen LogP contribution in [-0.4, -0.2) is 15.3 Å². The van der Waals surface area contributed by atoms with Crippen molar-refractivity contribution in [2.24, 2.45) is 5.14 Å². The van der Waals surface area contributed by atoms with Crippen LogP contribution < -0.4 is 5.14 Å². The molecule has 1 heterocycles. The Bertz CT molecular complexity index is 1320. The lowest BCUT2D eigenvalue weighted by Gasteiger charge is -2.10. The average Bonchev–Trinajstić information content (AvgIpc) is 3.49. The zero-order chi connectivity index (χ0) is 22.5. The number of imidazole rings is 1. The van der Waals surface area contributed by atoms with Crippen molar-refractivity contribution in [2.75, 3.05) is 0 Å². The van der Waals surface area contributed by atoms with Gasteiger partial charge in [0.1, 0.15) is 5.82 Å². The molecule has 3 aromatic carbocycles. The van der Waals surface area contributed by atoms with Gasteiger partial charge in [0.05, 0.1) is 16.6 Å². The molecule has 3 N–H and O–H groups in total. The summed E-state index contributed by atoms with van der Waals surface area (Å²) in [5.41, 5.74) is 4.31. The zero-order valence-corrected chi connectivity index (χ0v) is 18.2. The summed E-state index contributed by atoms with van der Waals surface area (Å²) in [4.78, 5) is 9.28. The van der Waals surface area contributed by atoms with E-state index in [0.29, 0.717) is 0 Å². The maximum atomic E-state index is 12.8. The Morgan fingerprint density at radius 3 is 2.50 bits per heavy atom. The molecular weight excluding hydrogens is 431 g/mol. The highest BCUT2D eigenvalue weighted by Crippen LogP contribution is 2.54. The van der Waals surface area contributed by atoms with Gasteiger partial charge < -0.3 is 4.98 Å². The van der Waals surface area contributed by atoms with E-state index in [9.17, 15) is 13.2 Å². The van der Waals surface area contributed by atoms with Gasteiger partial charge in [-0.05, 0) is 71.7 Å². The number of benzene rings is 3. The SMILES string of the molecule is C/C=S(/N)c1ccccc1-c1ccc2nc([C@@H]3C[C@@H]3c3ccc(C(F)(F)F)cc3)[nH]c2c1. The van der Waals surface area contributed by atoms with Crippen LogP contribution in [0.2, 0.25) is 0 Å². The van der Waals surface area contributed by atoms with Crippen molar-refractivity contribution in [3.63, 3.8) is 0 Å². The molecule has 1 aromatic heterocycles. The van der Waals surface area contributed by atoms with E-state index in [-0.39, 0.29) is 11.8 Å². The van der Waals surface area contributed by atoms with Crippen LogP contribution in [-0.2, 0) is 6.18 Å². The fraction of sp³-hybridized carbons (Fsp3) is 0.200. The first-order chi connectivity index (χ1) is 15.3. The first-order valence-corrected chi connectivity index (χ1v) is 11.7. The molecule has 32 heavy (non-hydrogen) atoms. The minimum atomic E-state index is -4.31. The van der Waals surface area contributed by atoms with Gasteiger partial charge in [0.2, 0.25) is 0 Å². The molecule has 0 amide bonds. The molecule has 1 fully saturated rings. The number of fused-ring (bicyclic) bond motifs is 1. The second-order valence-electron chi connectivity index (χ2n) is 8.03. The number of H-pyrrole nitrogens is 1. The van der Waals surface area contributed by atoms with Gasteiger partial charge in [0.25, 0.3) is 0 Å². The second kappa shape index (κ2) is 7.90. The van der Waals surface area contributed by atoms with Gasteiger partial charge in [-0.25, -0.2) is 4.98 Å². The standard InChI is InChI=1S/C25H22F3N3S/c1-2-32(29)23-6-4-3-5-18(23)16-9-12-21-22(13-16)31-24(30-21)20-14-19(20)15-7-10-17(11-8-15)25(26,27)28/h2-13,19-20H,14,29H2,1H3,(H,30,31)/t19-,20-,32?/m1/s1. The van der Waals surface area contributed by atoms with Gasteiger partial charge in [-0.15, -0.1) is 0 Å². The minimum absolute atomic E-state index is 0.192. The van der Waals surface area contributed by atoms with E-state index >= 15 is 0 Å². The monoisotopic (exact) mass is 453 g/mol. The van der Waals surface area contributed by atoms with Crippen LogP contribution in [0.25, 0.3) is 22.2 Å². The number of hydrogen-bond donors (Lipinski definition) is 2.